The SMILES string of the molecule is Cc1nn(-c2ccccc2)c2sc(C(=O)NCc3ccccn3)cc12. The fourth-order valence-corrected chi connectivity index (χ4v) is 3.76. The first-order valence-electron chi connectivity index (χ1n) is 7.95. The molecule has 4 aromatic rings. The number of carbonyl (C=O) groups excluding carboxylic acids is 1. The molecule has 1 amide bonds. The van der Waals surface area contributed by atoms with Crippen LogP contribution >= 0.6 is 11.3 Å². The van der Waals surface area contributed by atoms with E-state index in [9.17, 15) is 4.79 Å². The second kappa shape index (κ2) is 6.49. The molecule has 0 saturated heterocycles. The van der Waals surface area contributed by atoms with Gasteiger partial charge in [0.1, 0.15) is 4.83 Å². The second-order valence-electron chi connectivity index (χ2n) is 5.67. The fraction of sp³-hybridized carbons (Fsp3) is 0.105. The quantitative estimate of drug-likeness (QED) is 0.611. The van der Waals surface area contributed by atoms with Crippen LogP contribution in [0.15, 0.2) is 60.8 Å². The number of para-hydroxylation sites is 1. The number of rotatable bonds is 4. The highest BCUT2D eigenvalue weighted by atomic mass is 32.1. The van der Waals surface area contributed by atoms with Gasteiger partial charge in [0.05, 0.1) is 28.5 Å². The third kappa shape index (κ3) is 3.04. The Bertz CT molecular complexity index is 1020. The van der Waals surface area contributed by atoms with Crippen molar-refractivity contribution in [2.45, 2.75) is 13.5 Å². The molecular formula is C19H16N4OS. The van der Waals surface area contributed by atoms with Gasteiger partial charge in [-0.25, -0.2) is 4.68 Å². The molecular weight excluding hydrogens is 332 g/mol. The highest BCUT2D eigenvalue weighted by Crippen LogP contribution is 2.30. The summed E-state index contributed by atoms with van der Waals surface area (Å²) in [6, 6.07) is 17.5. The monoisotopic (exact) mass is 348 g/mol. The maximum Gasteiger partial charge on any atom is 0.261 e. The van der Waals surface area contributed by atoms with Crippen LogP contribution in [0.5, 0.6) is 0 Å². The highest BCUT2D eigenvalue weighted by Gasteiger charge is 2.17. The van der Waals surface area contributed by atoms with Gasteiger partial charge in [0, 0.05) is 11.6 Å². The Morgan fingerprint density at radius 3 is 2.72 bits per heavy atom. The summed E-state index contributed by atoms with van der Waals surface area (Å²) in [6.07, 6.45) is 1.72. The van der Waals surface area contributed by atoms with Gasteiger partial charge in [0.25, 0.3) is 5.91 Å². The molecule has 1 aromatic carbocycles. The molecule has 0 aliphatic heterocycles. The van der Waals surface area contributed by atoms with Crippen LogP contribution in [0.3, 0.4) is 0 Å². The molecule has 1 N–H and O–H groups in total. The van der Waals surface area contributed by atoms with Crippen LogP contribution in [-0.2, 0) is 6.54 Å². The Morgan fingerprint density at radius 1 is 1.16 bits per heavy atom. The van der Waals surface area contributed by atoms with Crippen LogP contribution in [-0.4, -0.2) is 20.7 Å². The normalized spacial score (nSPS) is 10.9. The number of fused-ring (bicyclic) bond motifs is 1. The number of hydrogen-bond acceptors (Lipinski definition) is 4. The summed E-state index contributed by atoms with van der Waals surface area (Å²) >= 11 is 1.45. The number of benzene rings is 1. The lowest BCUT2D eigenvalue weighted by atomic mass is 10.3. The summed E-state index contributed by atoms with van der Waals surface area (Å²) in [4.78, 5) is 18.4. The number of carbonyl (C=O) groups is 1. The molecule has 124 valence electrons. The van der Waals surface area contributed by atoms with E-state index in [0.29, 0.717) is 11.4 Å². The standard InChI is InChI=1S/C19H16N4OS/c1-13-16-11-17(18(24)21-12-14-7-5-6-10-20-14)25-19(16)23(22-13)15-8-3-2-4-9-15/h2-11H,12H2,1H3,(H,21,24). The molecule has 0 aliphatic rings. The van der Waals surface area contributed by atoms with Crippen LogP contribution in [0.1, 0.15) is 21.1 Å². The van der Waals surface area contributed by atoms with Crippen molar-refractivity contribution in [1.82, 2.24) is 20.1 Å². The second-order valence-corrected chi connectivity index (χ2v) is 6.70. The van der Waals surface area contributed by atoms with Gasteiger partial charge in [-0.1, -0.05) is 24.3 Å². The van der Waals surface area contributed by atoms with E-state index in [1.54, 1.807) is 6.20 Å². The molecule has 0 unspecified atom stereocenters. The maximum atomic E-state index is 12.5. The van der Waals surface area contributed by atoms with Crippen molar-refractivity contribution >= 4 is 27.5 Å². The summed E-state index contributed by atoms with van der Waals surface area (Å²) in [7, 11) is 0. The zero-order valence-electron chi connectivity index (χ0n) is 13.6. The van der Waals surface area contributed by atoms with Gasteiger partial charge < -0.3 is 5.32 Å². The van der Waals surface area contributed by atoms with E-state index in [4.69, 9.17) is 0 Å². The highest BCUT2D eigenvalue weighted by molar-refractivity contribution is 7.20. The summed E-state index contributed by atoms with van der Waals surface area (Å²) in [6.45, 7) is 2.38. The van der Waals surface area contributed by atoms with Crippen molar-refractivity contribution in [3.8, 4) is 5.69 Å². The lowest BCUT2D eigenvalue weighted by Gasteiger charge is -2.03. The van der Waals surface area contributed by atoms with Crippen molar-refractivity contribution < 1.29 is 4.79 Å². The molecule has 3 aromatic heterocycles. The molecule has 3 heterocycles. The molecule has 0 spiro atoms. The van der Waals surface area contributed by atoms with E-state index >= 15 is 0 Å². The van der Waals surface area contributed by atoms with Gasteiger partial charge in [-0.05, 0) is 37.3 Å². The van der Waals surface area contributed by atoms with Crippen molar-refractivity contribution in [3.63, 3.8) is 0 Å². The number of amides is 1. The van der Waals surface area contributed by atoms with Gasteiger partial charge in [-0.2, -0.15) is 5.10 Å². The fourth-order valence-electron chi connectivity index (χ4n) is 2.66. The van der Waals surface area contributed by atoms with Gasteiger partial charge in [0.2, 0.25) is 0 Å². The first-order chi connectivity index (χ1) is 12.2. The van der Waals surface area contributed by atoms with E-state index in [2.05, 4.69) is 15.4 Å². The largest absolute Gasteiger partial charge is 0.346 e. The summed E-state index contributed by atoms with van der Waals surface area (Å²) < 4.78 is 1.89. The Labute approximate surface area is 149 Å². The Kier molecular flexibility index (Phi) is 4.03. The van der Waals surface area contributed by atoms with Crippen LogP contribution in [0, 0.1) is 6.92 Å². The van der Waals surface area contributed by atoms with E-state index in [1.165, 1.54) is 11.3 Å². The zero-order valence-corrected chi connectivity index (χ0v) is 14.5. The van der Waals surface area contributed by atoms with Gasteiger partial charge in [-0.15, -0.1) is 11.3 Å². The van der Waals surface area contributed by atoms with Crippen LogP contribution in [0.4, 0.5) is 0 Å². The van der Waals surface area contributed by atoms with E-state index in [-0.39, 0.29) is 5.91 Å². The number of aromatic nitrogens is 3. The Morgan fingerprint density at radius 2 is 1.96 bits per heavy atom. The molecule has 0 bridgehead atoms. The minimum Gasteiger partial charge on any atom is -0.346 e. The third-order valence-corrected chi connectivity index (χ3v) is 5.03. The first-order valence-corrected chi connectivity index (χ1v) is 8.77. The molecule has 4 rings (SSSR count). The van der Waals surface area contributed by atoms with Crippen LogP contribution < -0.4 is 5.32 Å². The number of nitrogens with zero attached hydrogens (tertiary/aromatic N) is 3. The number of hydrogen-bond donors (Lipinski definition) is 1. The molecule has 0 saturated carbocycles. The van der Waals surface area contributed by atoms with Crippen molar-refractivity contribution in [2.24, 2.45) is 0 Å². The van der Waals surface area contributed by atoms with Crippen molar-refractivity contribution in [1.29, 1.82) is 0 Å². The molecule has 0 radical (unpaired) electrons. The number of pyridine rings is 1. The summed E-state index contributed by atoms with van der Waals surface area (Å²) in [5.41, 5.74) is 2.74. The van der Waals surface area contributed by atoms with E-state index < -0.39 is 0 Å². The van der Waals surface area contributed by atoms with Crippen molar-refractivity contribution in [2.75, 3.05) is 0 Å². The minimum atomic E-state index is -0.0918. The minimum absolute atomic E-state index is 0.0918. The van der Waals surface area contributed by atoms with E-state index in [1.807, 2.05) is 66.2 Å². The van der Waals surface area contributed by atoms with E-state index in [0.717, 1.165) is 27.3 Å². The Hall–Kier alpha value is -2.99. The molecule has 0 fully saturated rings. The summed E-state index contributed by atoms with van der Waals surface area (Å²) in [5, 5.41) is 8.53. The smallest absolute Gasteiger partial charge is 0.261 e. The molecule has 0 atom stereocenters. The number of thiophene rings is 1. The lowest BCUT2D eigenvalue weighted by Crippen LogP contribution is -2.22. The van der Waals surface area contributed by atoms with Gasteiger partial charge >= 0.3 is 0 Å². The first kappa shape index (κ1) is 15.5. The van der Waals surface area contributed by atoms with Gasteiger partial charge in [-0.3, -0.25) is 9.78 Å². The predicted octanol–water partition coefficient (Wildman–Crippen LogP) is 3.72. The molecule has 5 nitrogen and oxygen atoms in total. The topological polar surface area (TPSA) is 59.8 Å². The summed E-state index contributed by atoms with van der Waals surface area (Å²) in [5.74, 6) is -0.0918. The maximum absolute atomic E-state index is 12.5. The lowest BCUT2D eigenvalue weighted by molar-refractivity contribution is 0.0954. The predicted molar refractivity (Wildman–Crippen MR) is 99.1 cm³/mol. The average molecular weight is 348 g/mol. The van der Waals surface area contributed by atoms with Crippen LogP contribution in [0.2, 0.25) is 0 Å². The zero-order chi connectivity index (χ0) is 17.2. The Balaban J connectivity index is 1.62. The average Bonchev–Trinajstić information content (AvgIpc) is 3.22. The molecule has 6 heteroatoms. The van der Waals surface area contributed by atoms with Gasteiger partial charge in [0.15, 0.2) is 0 Å². The number of nitrogens with one attached hydrogen (secondary N) is 1. The third-order valence-electron chi connectivity index (χ3n) is 3.93. The molecule has 0 aliphatic carbocycles. The number of aryl methyl sites for hydroxylation is 1. The van der Waals surface area contributed by atoms with Crippen LogP contribution in [0.25, 0.3) is 15.9 Å². The van der Waals surface area contributed by atoms with Crippen molar-refractivity contribution in [3.05, 3.63) is 77.1 Å². The molecule has 25 heavy (non-hydrogen) atoms.